The van der Waals surface area contributed by atoms with E-state index in [1.54, 1.807) is 0 Å². The maximum atomic E-state index is 11.2. The Kier molecular flexibility index (Phi) is 5.47. The molecule has 0 saturated heterocycles. The fourth-order valence-corrected chi connectivity index (χ4v) is 3.22. The van der Waals surface area contributed by atoms with E-state index in [9.17, 15) is 9.90 Å². The van der Waals surface area contributed by atoms with Crippen LogP contribution in [-0.2, 0) is 19.5 Å². The van der Waals surface area contributed by atoms with Crippen molar-refractivity contribution in [2.45, 2.75) is 33.4 Å². The minimum absolute atomic E-state index is 0.378. The molecular formula is C16H20N2O2S. The van der Waals surface area contributed by atoms with Crippen molar-refractivity contribution in [2.24, 2.45) is 0 Å². The smallest absolute Gasteiger partial charge is 0.347 e. The summed E-state index contributed by atoms with van der Waals surface area (Å²) in [5.74, 6) is -0.873. The van der Waals surface area contributed by atoms with Crippen molar-refractivity contribution in [1.29, 1.82) is 0 Å². The summed E-state index contributed by atoms with van der Waals surface area (Å²) >= 11 is 1.29. The minimum atomic E-state index is -0.873. The summed E-state index contributed by atoms with van der Waals surface area (Å²) in [6.07, 6.45) is 0.656. The van der Waals surface area contributed by atoms with Crippen LogP contribution in [0.15, 0.2) is 30.3 Å². The average Bonchev–Trinajstić information content (AvgIpc) is 2.91. The molecule has 0 saturated carbocycles. The van der Waals surface area contributed by atoms with Gasteiger partial charge in [-0.3, -0.25) is 4.90 Å². The second-order valence-electron chi connectivity index (χ2n) is 4.83. The molecule has 21 heavy (non-hydrogen) atoms. The van der Waals surface area contributed by atoms with Crippen molar-refractivity contribution in [1.82, 2.24) is 9.88 Å². The average molecular weight is 304 g/mol. The van der Waals surface area contributed by atoms with Crippen LogP contribution in [0.2, 0.25) is 0 Å². The number of aryl methyl sites for hydroxylation is 1. The van der Waals surface area contributed by atoms with Gasteiger partial charge in [-0.2, -0.15) is 0 Å². The van der Waals surface area contributed by atoms with Crippen LogP contribution in [-0.4, -0.2) is 27.5 Å². The van der Waals surface area contributed by atoms with Gasteiger partial charge in [0.05, 0.1) is 12.2 Å². The van der Waals surface area contributed by atoms with E-state index in [0.717, 1.165) is 18.1 Å². The van der Waals surface area contributed by atoms with Gasteiger partial charge in [0.1, 0.15) is 9.88 Å². The van der Waals surface area contributed by atoms with Gasteiger partial charge in [-0.1, -0.05) is 44.2 Å². The lowest BCUT2D eigenvalue weighted by Gasteiger charge is -2.19. The van der Waals surface area contributed by atoms with Crippen molar-refractivity contribution in [3.8, 4) is 0 Å². The normalized spacial score (nSPS) is 11.0. The first-order chi connectivity index (χ1) is 10.1. The molecule has 0 aliphatic heterocycles. The number of carbonyl (C=O) groups is 1. The number of benzene rings is 1. The molecule has 0 aliphatic carbocycles. The number of aromatic carboxylic acids is 1. The molecule has 0 bridgehead atoms. The van der Waals surface area contributed by atoms with Crippen molar-refractivity contribution in [3.63, 3.8) is 0 Å². The summed E-state index contributed by atoms with van der Waals surface area (Å²) in [6.45, 7) is 6.48. The molecule has 0 unspecified atom stereocenters. The number of hydrogen-bond donors (Lipinski definition) is 1. The van der Waals surface area contributed by atoms with Crippen LogP contribution >= 0.6 is 11.3 Å². The maximum absolute atomic E-state index is 11.2. The molecule has 2 aromatic rings. The van der Waals surface area contributed by atoms with E-state index >= 15 is 0 Å². The van der Waals surface area contributed by atoms with E-state index in [-0.39, 0.29) is 0 Å². The molecule has 0 aliphatic rings. The van der Waals surface area contributed by atoms with Crippen molar-refractivity contribution in [3.05, 3.63) is 51.5 Å². The fourth-order valence-electron chi connectivity index (χ4n) is 2.19. The molecule has 2 rings (SSSR count). The molecular weight excluding hydrogens is 284 g/mol. The van der Waals surface area contributed by atoms with E-state index in [0.29, 0.717) is 23.5 Å². The second kappa shape index (κ2) is 7.33. The van der Waals surface area contributed by atoms with Gasteiger partial charge in [-0.05, 0) is 18.5 Å². The Morgan fingerprint density at radius 3 is 2.48 bits per heavy atom. The first kappa shape index (κ1) is 15.7. The number of carboxylic acid groups (broad SMARTS) is 1. The standard InChI is InChI=1S/C16H20N2O2S/c1-3-13-15(16(19)20)21-14(17-13)11-18(4-2)10-12-8-6-5-7-9-12/h5-9H,3-4,10-11H2,1-2H3,(H,19,20). The zero-order chi connectivity index (χ0) is 15.2. The number of nitrogens with zero attached hydrogens (tertiary/aromatic N) is 2. The fraction of sp³-hybridized carbons (Fsp3) is 0.375. The molecule has 0 amide bonds. The zero-order valence-corrected chi connectivity index (χ0v) is 13.2. The molecule has 1 aromatic heterocycles. The lowest BCUT2D eigenvalue weighted by molar-refractivity contribution is 0.0701. The zero-order valence-electron chi connectivity index (χ0n) is 12.4. The summed E-state index contributed by atoms with van der Waals surface area (Å²) in [7, 11) is 0. The lowest BCUT2D eigenvalue weighted by Crippen LogP contribution is -2.22. The Morgan fingerprint density at radius 2 is 1.95 bits per heavy atom. The number of carboxylic acids is 1. The quantitative estimate of drug-likeness (QED) is 0.851. The topological polar surface area (TPSA) is 53.4 Å². The van der Waals surface area contributed by atoms with E-state index in [1.165, 1.54) is 16.9 Å². The van der Waals surface area contributed by atoms with Gasteiger partial charge < -0.3 is 5.11 Å². The Balaban J connectivity index is 2.10. The third-order valence-electron chi connectivity index (χ3n) is 3.33. The highest BCUT2D eigenvalue weighted by Gasteiger charge is 2.17. The van der Waals surface area contributed by atoms with Crippen LogP contribution < -0.4 is 0 Å². The Morgan fingerprint density at radius 1 is 1.24 bits per heavy atom. The first-order valence-electron chi connectivity index (χ1n) is 7.12. The highest BCUT2D eigenvalue weighted by atomic mass is 32.1. The predicted octanol–water partition coefficient (Wildman–Crippen LogP) is 3.43. The Hall–Kier alpha value is -1.72. The maximum Gasteiger partial charge on any atom is 0.347 e. The Labute approximate surface area is 129 Å². The van der Waals surface area contributed by atoms with E-state index in [1.807, 2.05) is 25.1 Å². The van der Waals surface area contributed by atoms with Gasteiger partial charge in [0, 0.05) is 6.54 Å². The summed E-state index contributed by atoms with van der Waals surface area (Å²) < 4.78 is 0. The summed E-state index contributed by atoms with van der Waals surface area (Å²) in [6, 6.07) is 10.3. The molecule has 112 valence electrons. The summed E-state index contributed by atoms with van der Waals surface area (Å²) in [5, 5.41) is 10.1. The van der Waals surface area contributed by atoms with Crippen molar-refractivity contribution >= 4 is 17.3 Å². The largest absolute Gasteiger partial charge is 0.477 e. The molecule has 0 atom stereocenters. The van der Waals surface area contributed by atoms with Gasteiger partial charge in [0.2, 0.25) is 0 Å². The van der Waals surface area contributed by atoms with Crippen LogP contribution in [0.5, 0.6) is 0 Å². The molecule has 5 heteroatoms. The SMILES string of the molecule is CCc1nc(CN(CC)Cc2ccccc2)sc1C(=O)O. The van der Waals surface area contributed by atoms with E-state index in [4.69, 9.17) is 0 Å². The monoisotopic (exact) mass is 304 g/mol. The van der Waals surface area contributed by atoms with Crippen molar-refractivity contribution < 1.29 is 9.90 Å². The van der Waals surface area contributed by atoms with Crippen molar-refractivity contribution in [2.75, 3.05) is 6.54 Å². The summed E-state index contributed by atoms with van der Waals surface area (Å²) in [4.78, 5) is 18.3. The number of hydrogen-bond acceptors (Lipinski definition) is 4. The number of thiazole rings is 1. The highest BCUT2D eigenvalue weighted by Crippen LogP contribution is 2.21. The molecule has 0 fully saturated rings. The number of aromatic nitrogens is 1. The molecule has 0 radical (unpaired) electrons. The van der Waals surface area contributed by atoms with Gasteiger partial charge in [-0.25, -0.2) is 9.78 Å². The molecule has 4 nitrogen and oxygen atoms in total. The third kappa shape index (κ3) is 4.12. The van der Waals surface area contributed by atoms with E-state index in [2.05, 4.69) is 28.9 Å². The highest BCUT2D eigenvalue weighted by molar-refractivity contribution is 7.13. The third-order valence-corrected chi connectivity index (χ3v) is 4.40. The molecule has 0 spiro atoms. The van der Waals surface area contributed by atoms with Gasteiger partial charge >= 0.3 is 5.97 Å². The number of rotatable bonds is 7. The van der Waals surface area contributed by atoms with Gasteiger partial charge in [0.15, 0.2) is 0 Å². The Bertz CT molecular complexity index is 596. The lowest BCUT2D eigenvalue weighted by atomic mass is 10.2. The first-order valence-corrected chi connectivity index (χ1v) is 7.93. The minimum Gasteiger partial charge on any atom is -0.477 e. The van der Waals surface area contributed by atoms with Crippen LogP contribution in [0.3, 0.4) is 0 Å². The van der Waals surface area contributed by atoms with Gasteiger partial charge in [0.25, 0.3) is 0 Å². The van der Waals surface area contributed by atoms with Crippen LogP contribution in [0.25, 0.3) is 0 Å². The van der Waals surface area contributed by atoms with Crippen LogP contribution in [0, 0.1) is 0 Å². The molecule has 1 aromatic carbocycles. The predicted molar refractivity (Wildman–Crippen MR) is 84.7 cm³/mol. The van der Waals surface area contributed by atoms with Gasteiger partial charge in [-0.15, -0.1) is 11.3 Å². The van der Waals surface area contributed by atoms with Crippen LogP contribution in [0.1, 0.15) is 39.8 Å². The van der Waals surface area contributed by atoms with E-state index < -0.39 is 5.97 Å². The second-order valence-corrected chi connectivity index (χ2v) is 5.91. The summed E-state index contributed by atoms with van der Waals surface area (Å²) in [5.41, 5.74) is 1.95. The molecule has 1 heterocycles. The van der Waals surface area contributed by atoms with Crippen LogP contribution in [0.4, 0.5) is 0 Å². The molecule has 1 N–H and O–H groups in total.